The SMILES string of the molecule is C[Si](C)(C)OB([O-])O[Si](C)(C)C.[Li+]. The Bertz CT molecular complexity index is 130. The van der Waals surface area contributed by atoms with Crippen molar-refractivity contribution in [1.82, 2.24) is 0 Å². The van der Waals surface area contributed by atoms with Crippen LogP contribution in [0.5, 0.6) is 0 Å². The summed E-state index contributed by atoms with van der Waals surface area (Å²) in [6.45, 7) is 11.9. The van der Waals surface area contributed by atoms with Gasteiger partial charge < -0.3 is 13.7 Å². The van der Waals surface area contributed by atoms with Gasteiger partial charge in [-0.2, -0.15) is 0 Å². The van der Waals surface area contributed by atoms with Crippen molar-refractivity contribution in [2.75, 3.05) is 0 Å². The summed E-state index contributed by atoms with van der Waals surface area (Å²) in [6.07, 6.45) is 0. The van der Waals surface area contributed by atoms with E-state index in [0.717, 1.165) is 0 Å². The van der Waals surface area contributed by atoms with Gasteiger partial charge in [-0.15, -0.1) is 0 Å². The summed E-state index contributed by atoms with van der Waals surface area (Å²) in [7, 11) is -4.75. The maximum atomic E-state index is 11.2. The fraction of sp³-hybridized carbons (Fsp3) is 1.00. The van der Waals surface area contributed by atoms with Gasteiger partial charge in [-0.3, -0.25) is 0 Å². The van der Waals surface area contributed by atoms with E-state index in [0.29, 0.717) is 0 Å². The molecule has 0 atom stereocenters. The van der Waals surface area contributed by atoms with E-state index in [4.69, 9.17) is 8.69 Å². The van der Waals surface area contributed by atoms with E-state index in [2.05, 4.69) is 0 Å². The smallest absolute Gasteiger partial charge is 0.833 e. The van der Waals surface area contributed by atoms with Crippen molar-refractivity contribution < 1.29 is 32.6 Å². The third kappa shape index (κ3) is 13.0. The largest absolute Gasteiger partial charge is 1.00 e. The molecule has 0 aromatic heterocycles. The molecule has 7 heteroatoms. The van der Waals surface area contributed by atoms with Crippen LogP contribution in [0.4, 0.5) is 0 Å². The first kappa shape index (κ1) is 16.4. The van der Waals surface area contributed by atoms with Crippen LogP contribution in [0.1, 0.15) is 0 Å². The van der Waals surface area contributed by atoms with Gasteiger partial charge in [0.2, 0.25) is 0 Å². The van der Waals surface area contributed by atoms with Crippen molar-refractivity contribution in [2.45, 2.75) is 39.3 Å². The van der Waals surface area contributed by atoms with Gasteiger partial charge in [-0.05, 0) is 39.3 Å². The van der Waals surface area contributed by atoms with Crippen molar-refractivity contribution in [3.8, 4) is 0 Å². The van der Waals surface area contributed by atoms with Crippen LogP contribution in [-0.2, 0) is 8.69 Å². The van der Waals surface area contributed by atoms with Gasteiger partial charge in [0.1, 0.15) is 0 Å². The van der Waals surface area contributed by atoms with E-state index in [1.165, 1.54) is 0 Å². The fourth-order valence-corrected chi connectivity index (χ4v) is 1.95. The molecule has 0 heterocycles. The Morgan fingerprint density at radius 2 is 1.08 bits per heavy atom. The Morgan fingerprint density at radius 3 is 1.23 bits per heavy atom. The molecule has 0 aliphatic heterocycles. The average molecular weight is 212 g/mol. The summed E-state index contributed by atoms with van der Waals surface area (Å²) in [5.41, 5.74) is 0. The Kier molecular flexibility index (Phi) is 7.27. The minimum atomic E-state index is -1.74. The van der Waals surface area contributed by atoms with Gasteiger partial charge in [0, 0.05) is 0 Å². The zero-order chi connectivity index (χ0) is 9.99. The quantitative estimate of drug-likeness (QED) is 0.508. The minimum absolute atomic E-state index is 0. The maximum absolute atomic E-state index is 11.2. The molecule has 0 unspecified atom stereocenters. The normalized spacial score (nSPS) is 12.2. The van der Waals surface area contributed by atoms with Gasteiger partial charge in [-0.25, -0.2) is 0 Å². The Balaban J connectivity index is 0. The molecule has 0 fully saturated rings. The molecule has 0 aliphatic rings. The second-order valence-corrected chi connectivity index (χ2v) is 13.7. The standard InChI is InChI=1S/C6H18BO3Si2.Li/c1-11(2,3)9-7(8)10-12(4,5)6;/h1-6H3;/q-1;+1. The number of hydrogen-bond acceptors (Lipinski definition) is 3. The summed E-state index contributed by atoms with van der Waals surface area (Å²) >= 11 is 0. The Hall–Kier alpha value is 0.976. The molecule has 0 aliphatic carbocycles. The summed E-state index contributed by atoms with van der Waals surface area (Å²) in [4.78, 5) is 0. The van der Waals surface area contributed by atoms with Crippen LogP contribution in [0.3, 0.4) is 0 Å². The molecular formula is C6H18BLiO3Si2. The molecule has 3 nitrogen and oxygen atoms in total. The third-order valence-electron chi connectivity index (χ3n) is 0.900. The zero-order valence-corrected chi connectivity index (χ0v) is 11.8. The first-order valence-electron chi connectivity index (χ1n) is 4.12. The average Bonchev–Trinajstić information content (AvgIpc) is 1.49. The zero-order valence-electron chi connectivity index (χ0n) is 9.80. The van der Waals surface area contributed by atoms with Gasteiger partial charge in [0.25, 0.3) is 0 Å². The minimum Gasteiger partial charge on any atom is -0.833 e. The van der Waals surface area contributed by atoms with Crippen LogP contribution in [0.25, 0.3) is 0 Å². The Morgan fingerprint density at radius 1 is 0.846 bits per heavy atom. The van der Waals surface area contributed by atoms with Gasteiger partial charge in [0.15, 0.2) is 16.6 Å². The molecule has 13 heavy (non-hydrogen) atoms. The summed E-state index contributed by atoms with van der Waals surface area (Å²) in [5.74, 6) is 0. The van der Waals surface area contributed by atoms with Crippen LogP contribution in [0, 0.1) is 0 Å². The van der Waals surface area contributed by atoms with Crippen LogP contribution in [0.2, 0.25) is 39.3 Å². The summed E-state index contributed by atoms with van der Waals surface area (Å²) in [6, 6.07) is 0. The third-order valence-corrected chi connectivity index (χ3v) is 2.70. The molecule has 72 valence electrons. The van der Waals surface area contributed by atoms with Gasteiger partial charge in [0.05, 0.1) is 0 Å². The van der Waals surface area contributed by atoms with Gasteiger partial charge >= 0.3 is 26.2 Å². The summed E-state index contributed by atoms with van der Waals surface area (Å²) < 4.78 is 10.4. The second kappa shape index (κ2) is 5.76. The molecule has 0 saturated heterocycles. The first-order valence-corrected chi connectivity index (χ1v) is 10.9. The van der Waals surface area contributed by atoms with Crippen LogP contribution >= 0.6 is 0 Å². The maximum Gasteiger partial charge on any atom is 1.00 e. The summed E-state index contributed by atoms with van der Waals surface area (Å²) in [5, 5.41) is 11.2. The molecule has 0 amide bonds. The Labute approximate surface area is 95.8 Å². The molecule has 0 rings (SSSR count). The molecule has 0 aromatic rings. The second-order valence-electron chi connectivity index (χ2n) is 4.75. The molecular weight excluding hydrogens is 194 g/mol. The van der Waals surface area contributed by atoms with E-state index in [9.17, 15) is 5.02 Å². The van der Waals surface area contributed by atoms with Crippen LogP contribution < -0.4 is 23.9 Å². The molecule has 0 saturated carbocycles. The van der Waals surface area contributed by atoms with Crippen molar-refractivity contribution >= 4 is 24.0 Å². The number of rotatable bonds is 4. The van der Waals surface area contributed by atoms with E-state index in [1.54, 1.807) is 0 Å². The predicted molar refractivity (Wildman–Crippen MR) is 54.6 cm³/mol. The van der Waals surface area contributed by atoms with E-state index < -0.39 is 24.0 Å². The van der Waals surface area contributed by atoms with Crippen molar-refractivity contribution in [3.05, 3.63) is 0 Å². The molecule has 0 radical (unpaired) electrons. The van der Waals surface area contributed by atoms with Crippen LogP contribution in [0.15, 0.2) is 0 Å². The van der Waals surface area contributed by atoms with Crippen molar-refractivity contribution in [2.24, 2.45) is 0 Å². The van der Waals surface area contributed by atoms with Crippen LogP contribution in [-0.4, -0.2) is 24.0 Å². The topological polar surface area (TPSA) is 41.5 Å². The fourth-order valence-electron chi connectivity index (χ4n) is 0.601. The molecule has 0 aromatic carbocycles. The first-order chi connectivity index (χ1) is 5.10. The van der Waals surface area contributed by atoms with E-state index in [1.807, 2.05) is 39.3 Å². The predicted octanol–water partition coefficient (Wildman–Crippen LogP) is -1.96. The molecule has 0 bridgehead atoms. The van der Waals surface area contributed by atoms with Crippen molar-refractivity contribution in [1.29, 1.82) is 0 Å². The van der Waals surface area contributed by atoms with E-state index >= 15 is 0 Å². The van der Waals surface area contributed by atoms with Crippen molar-refractivity contribution in [3.63, 3.8) is 0 Å². The molecule has 0 N–H and O–H groups in total. The van der Waals surface area contributed by atoms with Gasteiger partial charge in [-0.1, -0.05) is 0 Å². The number of hydrogen-bond donors (Lipinski definition) is 0. The van der Waals surface area contributed by atoms with E-state index in [-0.39, 0.29) is 18.9 Å². The monoisotopic (exact) mass is 212 g/mol. The molecule has 0 spiro atoms.